The van der Waals surface area contributed by atoms with E-state index in [0.717, 1.165) is 0 Å². The Morgan fingerprint density at radius 1 is 1.54 bits per heavy atom. The number of piperidine rings is 1. The van der Waals surface area contributed by atoms with Crippen molar-refractivity contribution in [1.82, 2.24) is 10.6 Å². The van der Waals surface area contributed by atoms with Crippen LogP contribution in [0.3, 0.4) is 0 Å². The Morgan fingerprint density at radius 2 is 2.23 bits per heavy atom. The first-order valence-corrected chi connectivity index (χ1v) is 4.32. The molecule has 0 aromatic carbocycles. The third-order valence-corrected chi connectivity index (χ3v) is 2.19. The quantitative estimate of drug-likeness (QED) is 0.527. The zero-order valence-electron chi connectivity index (χ0n) is 7.54. The molecular formula is C8H14N2O3. The standard InChI is InChI=1S/C8H14N2O3/c1-5(11)10-7-4-9-3-2-6(7)8(12)13/h6-7,9H,2-4H2,1H3,(H,10,11)(H,12,13). The zero-order chi connectivity index (χ0) is 9.84. The van der Waals surface area contributed by atoms with Crippen LogP contribution in [0, 0.1) is 5.92 Å². The van der Waals surface area contributed by atoms with Gasteiger partial charge in [0.25, 0.3) is 0 Å². The third-order valence-electron chi connectivity index (χ3n) is 2.19. The van der Waals surface area contributed by atoms with Crippen LogP contribution in [0.15, 0.2) is 0 Å². The molecule has 0 saturated carbocycles. The summed E-state index contributed by atoms with van der Waals surface area (Å²) < 4.78 is 0. The van der Waals surface area contributed by atoms with Gasteiger partial charge >= 0.3 is 5.97 Å². The number of carboxylic acids is 1. The molecule has 2 atom stereocenters. The molecule has 3 N–H and O–H groups in total. The lowest BCUT2D eigenvalue weighted by Crippen LogP contribution is -2.52. The molecule has 1 aliphatic rings. The van der Waals surface area contributed by atoms with E-state index in [4.69, 9.17) is 5.11 Å². The summed E-state index contributed by atoms with van der Waals surface area (Å²) in [5.74, 6) is -1.47. The van der Waals surface area contributed by atoms with Crippen LogP contribution >= 0.6 is 0 Å². The van der Waals surface area contributed by atoms with Crippen molar-refractivity contribution in [2.45, 2.75) is 19.4 Å². The molecule has 1 fully saturated rings. The van der Waals surface area contributed by atoms with Gasteiger partial charge < -0.3 is 15.7 Å². The molecule has 13 heavy (non-hydrogen) atoms. The number of carboxylic acid groups (broad SMARTS) is 1. The van der Waals surface area contributed by atoms with E-state index in [9.17, 15) is 9.59 Å². The second-order valence-electron chi connectivity index (χ2n) is 3.24. The number of hydrogen-bond donors (Lipinski definition) is 3. The lowest BCUT2D eigenvalue weighted by Gasteiger charge is -2.29. The lowest BCUT2D eigenvalue weighted by atomic mass is 9.93. The molecule has 0 aromatic heterocycles. The number of aliphatic carboxylic acids is 1. The van der Waals surface area contributed by atoms with Crippen molar-refractivity contribution in [3.05, 3.63) is 0 Å². The molecule has 5 heteroatoms. The Balaban J connectivity index is 2.56. The normalized spacial score (nSPS) is 28.1. The Labute approximate surface area is 76.5 Å². The van der Waals surface area contributed by atoms with Crippen molar-refractivity contribution in [2.24, 2.45) is 5.92 Å². The second-order valence-corrected chi connectivity index (χ2v) is 3.24. The largest absolute Gasteiger partial charge is 0.481 e. The molecule has 1 heterocycles. The van der Waals surface area contributed by atoms with Gasteiger partial charge in [0.2, 0.25) is 5.91 Å². The fourth-order valence-electron chi connectivity index (χ4n) is 1.57. The van der Waals surface area contributed by atoms with E-state index in [1.54, 1.807) is 0 Å². The van der Waals surface area contributed by atoms with Crippen LogP contribution in [0.25, 0.3) is 0 Å². The summed E-state index contributed by atoms with van der Waals surface area (Å²) in [6.07, 6.45) is 0.570. The highest BCUT2D eigenvalue weighted by molar-refractivity contribution is 5.76. The summed E-state index contributed by atoms with van der Waals surface area (Å²) in [6.45, 7) is 2.64. The van der Waals surface area contributed by atoms with E-state index in [1.807, 2.05) is 0 Å². The molecule has 2 unspecified atom stereocenters. The Bertz CT molecular complexity index is 217. The average Bonchev–Trinajstić information content (AvgIpc) is 2.03. The van der Waals surface area contributed by atoms with Crippen molar-refractivity contribution in [2.75, 3.05) is 13.1 Å². The van der Waals surface area contributed by atoms with Crippen LogP contribution in [0.1, 0.15) is 13.3 Å². The molecule has 1 amide bonds. The summed E-state index contributed by atoms with van der Waals surface area (Å²) in [4.78, 5) is 21.5. The Kier molecular flexibility index (Phi) is 3.25. The molecule has 0 radical (unpaired) electrons. The minimum Gasteiger partial charge on any atom is -0.481 e. The number of nitrogens with one attached hydrogen (secondary N) is 2. The summed E-state index contributed by atoms with van der Waals surface area (Å²) in [5, 5.41) is 14.5. The van der Waals surface area contributed by atoms with Crippen LogP contribution in [0.4, 0.5) is 0 Å². The van der Waals surface area contributed by atoms with Crippen molar-refractivity contribution in [3.63, 3.8) is 0 Å². The summed E-state index contributed by atoms with van der Waals surface area (Å²) in [5.41, 5.74) is 0. The van der Waals surface area contributed by atoms with Crippen molar-refractivity contribution in [1.29, 1.82) is 0 Å². The highest BCUT2D eigenvalue weighted by Crippen LogP contribution is 2.12. The van der Waals surface area contributed by atoms with Gasteiger partial charge in [-0.05, 0) is 13.0 Å². The van der Waals surface area contributed by atoms with E-state index in [1.165, 1.54) is 6.92 Å². The topological polar surface area (TPSA) is 78.4 Å². The third kappa shape index (κ3) is 2.69. The number of amides is 1. The van der Waals surface area contributed by atoms with E-state index in [-0.39, 0.29) is 11.9 Å². The van der Waals surface area contributed by atoms with Gasteiger partial charge in [-0.15, -0.1) is 0 Å². The molecule has 1 aliphatic heterocycles. The van der Waals surface area contributed by atoms with Crippen LogP contribution in [-0.4, -0.2) is 36.1 Å². The number of carbonyl (C=O) groups is 2. The van der Waals surface area contributed by atoms with Gasteiger partial charge in [0.15, 0.2) is 0 Å². The smallest absolute Gasteiger partial charge is 0.308 e. The highest BCUT2D eigenvalue weighted by Gasteiger charge is 2.30. The second kappa shape index (κ2) is 4.23. The molecule has 5 nitrogen and oxygen atoms in total. The van der Waals surface area contributed by atoms with E-state index in [0.29, 0.717) is 19.5 Å². The van der Waals surface area contributed by atoms with Crippen molar-refractivity contribution >= 4 is 11.9 Å². The highest BCUT2D eigenvalue weighted by atomic mass is 16.4. The van der Waals surface area contributed by atoms with Crippen LogP contribution in [0.5, 0.6) is 0 Å². The summed E-state index contributed by atoms with van der Waals surface area (Å²) in [7, 11) is 0. The Hall–Kier alpha value is -1.10. The summed E-state index contributed by atoms with van der Waals surface area (Å²) >= 11 is 0. The first kappa shape index (κ1) is 9.98. The minimum absolute atomic E-state index is 0.181. The number of carbonyl (C=O) groups excluding carboxylic acids is 1. The molecule has 0 spiro atoms. The lowest BCUT2D eigenvalue weighted by molar-refractivity contribution is -0.143. The number of rotatable bonds is 2. The minimum atomic E-state index is -0.833. The SMILES string of the molecule is CC(=O)NC1CNCCC1C(=O)O. The van der Waals surface area contributed by atoms with Gasteiger partial charge in [0.05, 0.1) is 12.0 Å². The number of hydrogen-bond acceptors (Lipinski definition) is 3. The molecule has 0 aromatic rings. The molecule has 0 bridgehead atoms. The van der Waals surface area contributed by atoms with E-state index >= 15 is 0 Å². The fourth-order valence-corrected chi connectivity index (χ4v) is 1.57. The van der Waals surface area contributed by atoms with Gasteiger partial charge in [-0.2, -0.15) is 0 Å². The summed E-state index contributed by atoms with van der Waals surface area (Å²) in [6, 6.07) is -0.274. The van der Waals surface area contributed by atoms with Crippen molar-refractivity contribution < 1.29 is 14.7 Å². The maximum absolute atomic E-state index is 10.8. The average molecular weight is 186 g/mol. The van der Waals surface area contributed by atoms with Gasteiger partial charge in [-0.25, -0.2) is 0 Å². The maximum Gasteiger partial charge on any atom is 0.308 e. The zero-order valence-corrected chi connectivity index (χ0v) is 7.54. The molecular weight excluding hydrogens is 172 g/mol. The van der Waals surface area contributed by atoms with Gasteiger partial charge in [0, 0.05) is 13.5 Å². The van der Waals surface area contributed by atoms with Gasteiger partial charge in [-0.1, -0.05) is 0 Å². The monoisotopic (exact) mass is 186 g/mol. The molecule has 0 aliphatic carbocycles. The van der Waals surface area contributed by atoms with Gasteiger partial charge in [-0.3, -0.25) is 9.59 Å². The van der Waals surface area contributed by atoms with Crippen LogP contribution in [-0.2, 0) is 9.59 Å². The van der Waals surface area contributed by atoms with Gasteiger partial charge in [0.1, 0.15) is 0 Å². The Morgan fingerprint density at radius 3 is 2.77 bits per heavy atom. The first-order valence-electron chi connectivity index (χ1n) is 4.32. The van der Waals surface area contributed by atoms with Crippen LogP contribution in [0.2, 0.25) is 0 Å². The van der Waals surface area contributed by atoms with E-state index < -0.39 is 11.9 Å². The van der Waals surface area contributed by atoms with E-state index in [2.05, 4.69) is 10.6 Å². The maximum atomic E-state index is 10.8. The predicted octanol–water partition coefficient (Wildman–Crippen LogP) is -0.815. The molecule has 74 valence electrons. The predicted molar refractivity (Wildman–Crippen MR) is 46.2 cm³/mol. The fraction of sp³-hybridized carbons (Fsp3) is 0.750. The molecule has 1 rings (SSSR count). The van der Waals surface area contributed by atoms with Crippen LogP contribution < -0.4 is 10.6 Å². The first-order chi connectivity index (χ1) is 6.11. The molecule has 1 saturated heterocycles. The van der Waals surface area contributed by atoms with Crippen molar-refractivity contribution in [3.8, 4) is 0 Å².